The van der Waals surface area contributed by atoms with E-state index in [1.165, 1.54) is 10.9 Å². The summed E-state index contributed by atoms with van der Waals surface area (Å²) in [6.45, 7) is 12.7. The fourth-order valence-electron chi connectivity index (χ4n) is 2.58. The summed E-state index contributed by atoms with van der Waals surface area (Å²) in [5.41, 5.74) is 2.42. The minimum Gasteiger partial charge on any atom is -0.357 e. The molecule has 0 saturated heterocycles. The van der Waals surface area contributed by atoms with Crippen molar-refractivity contribution in [3.8, 4) is 0 Å². The van der Waals surface area contributed by atoms with Gasteiger partial charge in [-0.05, 0) is 44.0 Å². The Morgan fingerprint density at radius 1 is 1.14 bits per heavy atom. The number of para-hydroxylation sites is 1. The second-order valence-electron chi connectivity index (χ2n) is 5.85. The number of benzene rings is 1. The zero-order valence-corrected chi connectivity index (χ0v) is 13.7. The maximum atomic E-state index is 4.82. The van der Waals surface area contributed by atoms with Gasteiger partial charge in [0.25, 0.3) is 0 Å². The van der Waals surface area contributed by atoms with Gasteiger partial charge in [-0.2, -0.15) is 0 Å². The van der Waals surface area contributed by atoms with Gasteiger partial charge < -0.3 is 10.2 Å². The van der Waals surface area contributed by atoms with Gasteiger partial charge in [-0.1, -0.05) is 32.0 Å². The molecule has 21 heavy (non-hydrogen) atoms. The van der Waals surface area contributed by atoms with Crippen LogP contribution in [0.5, 0.6) is 0 Å². The Morgan fingerprint density at radius 3 is 2.52 bits per heavy atom. The topological polar surface area (TPSA) is 28.2 Å². The summed E-state index contributed by atoms with van der Waals surface area (Å²) in [4.78, 5) is 7.12. The molecule has 1 aromatic carbocycles. The number of pyridine rings is 1. The van der Waals surface area contributed by atoms with E-state index in [4.69, 9.17) is 4.98 Å². The van der Waals surface area contributed by atoms with Crippen molar-refractivity contribution < 1.29 is 0 Å². The van der Waals surface area contributed by atoms with E-state index >= 15 is 0 Å². The molecule has 2 aromatic rings. The van der Waals surface area contributed by atoms with Crippen LogP contribution in [0.1, 0.15) is 33.3 Å². The van der Waals surface area contributed by atoms with Crippen LogP contribution in [-0.4, -0.2) is 24.6 Å². The smallest absolute Gasteiger partial charge is 0.129 e. The molecular weight excluding hydrogens is 258 g/mol. The third kappa shape index (κ3) is 3.94. The van der Waals surface area contributed by atoms with E-state index in [0.717, 1.165) is 37.5 Å². The second kappa shape index (κ2) is 7.41. The van der Waals surface area contributed by atoms with Gasteiger partial charge >= 0.3 is 0 Å². The van der Waals surface area contributed by atoms with Gasteiger partial charge in [0.1, 0.15) is 5.82 Å². The summed E-state index contributed by atoms with van der Waals surface area (Å²) in [7, 11) is 0. The van der Waals surface area contributed by atoms with E-state index in [2.05, 4.69) is 68.2 Å². The van der Waals surface area contributed by atoms with Gasteiger partial charge in [-0.3, -0.25) is 0 Å². The van der Waals surface area contributed by atoms with Crippen LogP contribution in [0.2, 0.25) is 0 Å². The number of rotatable bonds is 7. The number of aromatic nitrogens is 1. The molecule has 0 fully saturated rings. The average molecular weight is 285 g/mol. The lowest BCUT2D eigenvalue weighted by molar-refractivity contribution is 0.553. The number of nitrogens with one attached hydrogen (secondary N) is 1. The molecule has 3 heteroatoms. The number of fused-ring (bicyclic) bond motifs is 1. The Bertz CT molecular complexity index is 574. The Kier molecular flexibility index (Phi) is 5.57. The quantitative estimate of drug-likeness (QED) is 0.838. The van der Waals surface area contributed by atoms with Crippen LogP contribution in [0.15, 0.2) is 30.3 Å². The first kappa shape index (κ1) is 15.8. The average Bonchev–Trinajstić information content (AvgIpc) is 2.48. The lowest BCUT2D eigenvalue weighted by atomic mass is 10.1. The lowest BCUT2D eigenvalue weighted by Gasteiger charge is -2.21. The standard InChI is InChI=1S/C18H27N3/c1-5-21(6-2)18-11-15(13-19-12-14(3)4)16-9-7-8-10-17(16)20-18/h7-11,14,19H,5-6,12-13H2,1-4H3. The first-order valence-corrected chi connectivity index (χ1v) is 8.00. The molecule has 0 radical (unpaired) electrons. The Morgan fingerprint density at radius 2 is 1.86 bits per heavy atom. The molecular formula is C18H27N3. The Balaban J connectivity index is 2.35. The molecule has 3 nitrogen and oxygen atoms in total. The molecule has 1 heterocycles. The van der Waals surface area contributed by atoms with E-state index in [-0.39, 0.29) is 0 Å². The Labute approximate surface area is 128 Å². The van der Waals surface area contributed by atoms with Crippen molar-refractivity contribution >= 4 is 16.7 Å². The van der Waals surface area contributed by atoms with Crippen LogP contribution in [0.3, 0.4) is 0 Å². The van der Waals surface area contributed by atoms with Gasteiger partial charge in [0.05, 0.1) is 5.52 Å². The predicted octanol–water partition coefficient (Wildman–Crippen LogP) is 3.83. The van der Waals surface area contributed by atoms with Crippen LogP contribution in [0, 0.1) is 5.92 Å². The van der Waals surface area contributed by atoms with E-state index < -0.39 is 0 Å². The normalized spacial score (nSPS) is 11.3. The zero-order valence-electron chi connectivity index (χ0n) is 13.7. The SMILES string of the molecule is CCN(CC)c1cc(CNCC(C)C)c2ccccc2n1. The highest BCUT2D eigenvalue weighted by Gasteiger charge is 2.09. The molecule has 0 atom stereocenters. The van der Waals surface area contributed by atoms with Gasteiger partial charge in [0, 0.05) is 25.0 Å². The minimum atomic E-state index is 0.667. The van der Waals surface area contributed by atoms with Gasteiger partial charge in [0.15, 0.2) is 0 Å². The zero-order chi connectivity index (χ0) is 15.2. The summed E-state index contributed by atoms with van der Waals surface area (Å²) in [5, 5.41) is 4.80. The van der Waals surface area contributed by atoms with Crippen LogP contribution < -0.4 is 10.2 Å². The van der Waals surface area contributed by atoms with E-state index in [1.54, 1.807) is 0 Å². The molecule has 0 spiro atoms. The second-order valence-corrected chi connectivity index (χ2v) is 5.85. The molecule has 0 aliphatic rings. The highest BCUT2D eigenvalue weighted by molar-refractivity contribution is 5.84. The molecule has 0 aliphatic carbocycles. The summed E-state index contributed by atoms with van der Waals surface area (Å²) in [6.07, 6.45) is 0. The van der Waals surface area contributed by atoms with Crippen molar-refractivity contribution in [1.29, 1.82) is 0 Å². The number of hydrogen-bond acceptors (Lipinski definition) is 3. The number of anilines is 1. The molecule has 0 amide bonds. The van der Waals surface area contributed by atoms with Crippen molar-refractivity contribution in [3.63, 3.8) is 0 Å². The van der Waals surface area contributed by atoms with E-state index in [0.29, 0.717) is 5.92 Å². The summed E-state index contributed by atoms with van der Waals surface area (Å²) in [6, 6.07) is 10.7. The lowest BCUT2D eigenvalue weighted by Crippen LogP contribution is -2.24. The number of nitrogens with zero attached hydrogens (tertiary/aromatic N) is 2. The molecule has 1 N–H and O–H groups in total. The third-order valence-corrected chi connectivity index (χ3v) is 3.74. The maximum Gasteiger partial charge on any atom is 0.129 e. The largest absolute Gasteiger partial charge is 0.357 e. The van der Waals surface area contributed by atoms with Crippen LogP contribution in [0.4, 0.5) is 5.82 Å². The van der Waals surface area contributed by atoms with Crippen LogP contribution in [0.25, 0.3) is 10.9 Å². The number of hydrogen-bond donors (Lipinski definition) is 1. The van der Waals surface area contributed by atoms with Crippen molar-refractivity contribution in [2.45, 2.75) is 34.2 Å². The van der Waals surface area contributed by atoms with Crippen molar-refractivity contribution in [2.24, 2.45) is 5.92 Å². The molecule has 2 rings (SSSR count). The predicted molar refractivity (Wildman–Crippen MR) is 91.8 cm³/mol. The molecule has 0 unspecified atom stereocenters. The minimum absolute atomic E-state index is 0.667. The summed E-state index contributed by atoms with van der Waals surface area (Å²) < 4.78 is 0. The summed E-state index contributed by atoms with van der Waals surface area (Å²) in [5.74, 6) is 1.75. The molecule has 0 aliphatic heterocycles. The maximum absolute atomic E-state index is 4.82. The van der Waals surface area contributed by atoms with Crippen molar-refractivity contribution in [2.75, 3.05) is 24.5 Å². The highest BCUT2D eigenvalue weighted by Crippen LogP contribution is 2.23. The van der Waals surface area contributed by atoms with Crippen LogP contribution in [-0.2, 0) is 6.54 Å². The van der Waals surface area contributed by atoms with Gasteiger partial charge in [0.2, 0.25) is 0 Å². The highest BCUT2D eigenvalue weighted by atomic mass is 15.2. The van der Waals surface area contributed by atoms with E-state index in [9.17, 15) is 0 Å². The van der Waals surface area contributed by atoms with Gasteiger partial charge in [-0.25, -0.2) is 4.98 Å². The third-order valence-electron chi connectivity index (χ3n) is 3.74. The fraction of sp³-hybridized carbons (Fsp3) is 0.500. The molecule has 114 valence electrons. The summed E-state index contributed by atoms with van der Waals surface area (Å²) >= 11 is 0. The molecule has 0 bridgehead atoms. The first-order chi connectivity index (χ1) is 10.2. The van der Waals surface area contributed by atoms with Crippen molar-refractivity contribution in [1.82, 2.24) is 10.3 Å². The molecule has 0 saturated carbocycles. The fourth-order valence-corrected chi connectivity index (χ4v) is 2.58. The first-order valence-electron chi connectivity index (χ1n) is 8.00. The monoisotopic (exact) mass is 285 g/mol. The Hall–Kier alpha value is -1.61. The van der Waals surface area contributed by atoms with Crippen molar-refractivity contribution in [3.05, 3.63) is 35.9 Å². The van der Waals surface area contributed by atoms with E-state index in [1.807, 2.05) is 0 Å². The van der Waals surface area contributed by atoms with Gasteiger partial charge in [-0.15, -0.1) is 0 Å². The molecule has 1 aromatic heterocycles. The van der Waals surface area contributed by atoms with Crippen LogP contribution >= 0.6 is 0 Å².